The second kappa shape index (κ2) is 3.76. The molecule has 68 valence electrons. The normalized spacial score (nSPS) is 17.9. The molecule has 0 aliphatic rings. The summed E-state index contributed by atoms with van der Waals surface area (Å²) in [6, 6.07) is 0. The van der Waals surface area contributed by atoms with Crippen molar-refractivity contribution in [3.63, 3.8) is 0 Å². The summed E-state index contributed by atoms with van der Waals surface area (Å²) in [4.78, 5) is 0. The first-order valence-corrected chi connectivity index (χ1v) is 6.96. The number of rotatable bonds is 4. The predicted molar refractivity (Wildman–Crippen MR) is 55.1 cm³/mol. The third kappa shape index (κ3) is 2.08. The molecule has 1 atom stereocenters. The zero-order valence-electron chi connectivity index (χ0n) is 8.57. The van der Waals surface area contributed by atoms with Gasteiger partial charge in [-0.15, -0.1) is 0 Å². The number of hydrogen-bond acceptors (Lipinski definition) is 1. The van der Waals surface area contributed by atoms with E-state index in [0.717, 1.165) is 19.0 Å². The molecule has 0 aliphatic carbocycles. The first-order valence-electron chi connectivity index (χ1n) is 4.54. The molecule has 0 saturated heterocycles. The van der Waals surface area contributed by atoms with Crippen molar-refractivity contribution in [1.82, 2.24) is 0 Å². The summed E-state index contributed by atoms with van der Waals surface area (Å²) < 4.78 is 0. The molecule has 0 saturated carbocycles. The summed E-state index contributed by atoms with van der Waals surface area (Å²) in [7, 11) is -1.40. The lowest BCUT2D eigenvalue weighted by Crippen LogP contribution is -2.22. The van der Waals surface area contributed by atoms with E-state index >= 15 is 0 Å². The third-order valence-corrected chi connectivity index (χ3v) is 7.63. The summed E-state index contributed by atoms with van der Waals surface area (Å²) in [6.07, 6.45) is 3.38. The SMILES string of the molecule is CCC(C)(CC)P(C)(=N)CC. The van der Waals surface area contributed by atoms with Crippen molar-refractivity contribution in [3.8, 4) is 0 Å². The summed E-state index contributed by atoms with van der Waals surface area (Å²) in [5.41, 5.74) is 0. The Morgan fingerprint density at radius 3 is 1.64 bits per heavy atom. The van der Waals surface area contributed by atoms with Crippen molar-refractivity contribution >= 4 is 7.05 Å². The highest BCUT2D eigenvalue weighted by Gasteiger charge is 2.31. The molecule has 11 heavy (non-hydrogen) atoms. The average Bonchev–Trinajstić information content (AvgIpc) is 2.02. The lowest BCUT2D eigenvalue weighted by molar-refractivity contribution is 0.581. The molecule has 0 aromatic heterocycles. The van der Waals surface area contributed by atoms with Gasteiger partial charge in [0.15, 0.2) is 0 Å². The third-order valence-electron chi connectivity index (χ3n) is 3.35. The van der Waals surface area contributed by atoms with Crippen molar-refractivity contribution in [2.75, 3.05) is 12.8 Å². The van der Waals surface area contributed by atoms with Crippen LogP contribution >= 0.6 is 7.05 Å². The molecule has 0 fully saturated rings. The largest absolute Gasteiger partial charge is 0.318 e. The molecule has 0 amide bonds. The van der Waals surface area contributed by atoms with Gasteiger partial charge in [0.2, 0.25) is 0 Å². The fourth-order valence-electron chi connectivity index (χ4n) is 1.33. The summed E-state index contributed by atoms with van der Waals surface area (Å²) >= 11 is 0. The molecule has 0 spiro atoms. The standard InChI is InChI=1S/C9H22NP/c1-6-9(4,7-2)11(5,10)8-3/h10H,6-8H2,1-5H3. The van der Waals surface area contributed by atoms with Crippen molar-refractivity contribution in [2.45, 2.75) is 45.7 Å². The lowest BCUT2D eigenvalue weighted by Gasteiger charge is -2.36. The molecule has 0 bridgehead atoms. The molecule has 0 aromatic carbocycles. The van der Waals surface area contributed by atoms with Crippen LogP contribution in [0.3, 0.4) is 0 Å². The molecule has 0 radical (unpaired) electrons. The Morgan fingerprint density at radius 1 is 1.18 bits per heavy atom. The summed E-state index contributed by atoms with van der Waals surface area (Å²) in [5.74, 6) is 0. The minimum absolute atomic E-state index is 0.307. The fraction of sp³-hybridized carbons (Fsp3) is 1.00. The maximum absolute atomic E-state index is 8.24. The topological polar surface area (TPSA) is 23.9 Å². The van der Waals surface area contributed by atoms with Crippen LogP contribution in [0, 0.1) is 5.16 Å². The molecule has 1 nitrogen and oxygen atoms in total. The smallest absolute Gasteiger partial charge is 0.00157 e. The van der Waals surface area contributed by atoms with Crippen LogP contribution in [-0.2, 0) is 0 Å². The molecule has 0 rings (SSSR count). The van der Waals surface area contributed by atoms with Crippen LogP contribution in [-0.4, -0.2) is 18.0 Å². The van der Waals surface area contributed by atoms with Crippen molar-refractivity contribution in [2.24, 2.45) is 0 Å². The van der Waals surface area contributed by atoms with Gasteiger partial charge >= 0.3 is 0 Å². The highest BCUT2D eigenvalue weighted by molar-refractivity contribution is 7.65. The van der Waals surface area contributed by atoms with Crippen LogP contribution in [0.15, 0.2) is 0 Å². The van der Waals surface area contributed by atoms with Gasteiger partial charge in [-0.2, -0.15) is 0 Å². The van der Waals surface area contributed by atoms with E-state index in [0.29, 0.717) is 5.16 Å². The van der Waals surface area contributed by atoms with Crippen molar-refractivity contribution in [3.05, 3.63) is 0 Å². The molecular weight excluding hydrogens is 153 g/mol. The van der Waals surface area contributed by atoms with E-state index in [1.807, 2.05) is 0 Å². The minimum Gasteiger partial charge on any atom is -0.318 e. The van der Waals surface area contributed by atoms with Crippen LogP contribution in [0.4, 0.5) is 0 Å². The first-order chi connectivity index (χ1) is 4.93. The van der Waals surface area contributed by atoms with Gasteiger partial charge in [-0.3, -0.25) is 0 Å². The number of hydrogen-bond donors (Lipinski definition) is 1. The lowest BCUT2D eigenvalue weighted by atomic mass is 10.1. The van der Waals surface area contributed by atoms with Gasteiger partial charge in [-0.25, -0.2) is 0 Å². The van der Waals surface area contributed by atoms with Crippen molar-refractivity contribution in [1.29, 1.82) is 5.16 Å². The fourth-order valence-corrected chi connectivity index (χ4v) is 3.49. The maximum Gasteiger partial charge on any atom is 0.00157 e. The Bertz CT molecular complexity index is 159. The van der Waals surface area contributed by atoms with Gasteiger partial charge in [0, 0.05) is 5.16 Å². The zero-order valence-corrected chi connectivity index (χ0v) is 9.46. The van der Waals surface area contributed by atoms with Crippen LogP contribution < -0.4 is 0 Å². The maximum atomic E-state index is 8.24. The first kappa shape index (κ1) is 11.2. The molecule has 1 N–H and O–H groups in total. The highest BCUT2D eigenvalue weighted by atomic mass is 31.2. The van der Waals surface area contributed by atoms with E-state index < -0.39 is 7.05 Å². The van der Waals surface area contributed by atoms with Gasteiger partial charge < -0.3 is 5.16 Å². The number of nitrogens with one attached hydrogen (secondary N) is 1. The van der Waals surface area contributed by atoms with Gasteiger partial charge in [0.05, 0.1) is 0 Å². The predicted octanol–water partition coefficient (Wildman–Crippen LogP) is 3.99. The summed E-state index contributed by atoms with van der Waals surface area (Å²) in [5, 5.41) is 8.55. The van der Waals surface area contributed by atoms with Crippen LogP contribution in [0.5, 0.6) is 0 Å². The van der Waals surface area contributed by atoms with E-state index in [2.05, 4.69) is 34.4 Å². The monoisotopic (exact) mass is 175 g/mol. The highest BCUT2D eigenvalue weighted by Crippen LogP contribution is 2.58. The van der Waals surface area contributed by atoms with Crippen LogP contribution in [0.25, 0.3) is 0 Å². The van der Waals surface area contributed by atoms with E-state index in [-0.39, 0.29) is 0 Å². The second-order valence-corrected chi connectivity index (χ2v) is 7.81. The van der Waals surface area contributed by atoms with E-state index in [4.69, 9.17) is 5.16 Å². The van der Waals surface area contributed by atoms with Gasteiger partial charge in [-0.05, 0) is 32.7 Å². The Kier molecular flexibility index (Phi) is 3.84. The van der Waals surface area contributed by atoms with Gasteiger partial charge in [0.1, 0.15) is 0 Å². The molecule has 0 heterocycles. The Hall–Kier alpha value is 0.230. The summed E-state index contributed by atoms with van der Waals surface area (Å²) in [6.45, 7) is 11.0. The molecule has 2 heteroatoms. The molecule has 0 aliphatic heterocycles. The molecule has 0 aromatic rings. The quantitative estimate of drug-likeness (QED) is 0.624. The van der Waals surface area contributed by atoms with E-state index in [1.54, 1.807) is 0 Å². The Labute approximate surface area is 71.4 Å². The van der Waals surface area contributed by atoms with E-state index in [9.17, 15) is 0 Å². The van der Waals surface area contributed by atoms with Gasteiger partial charge in [-0.1, -0.05) is 27.7 Å². The van der Waals surface area contributed by atoms with Crippen LogP contribution in [0.1, 0.15) is 40.5 Å². The van der Waals surface area contributed by atoms with Crippen molar-refractivity contribution < 1.29 is 0 Å². The van der Waals surface area contributed by atoms with Crippen LogP contribution in [0.2, 0.25) is 0 Å². The Morgan fingerprint density at radius 2 is 1.55 bits per heavy atom. The second-order valence-electron chi connectivity index (χ2n) is 3.71. The minimum atomic E-state index is -1.40. The average molecular weight is 175 g/mol. The Balaban J connectivity index is 4.62. The molecule has 1 unspecified atom stereocenters. The zero-order chi connectivity index (χ0) is 9.12. The molecular formula is C9H22NP. The van der Waals surface area contributed by atoms with Gasteiger partial charge in [0.25, 0.3) is 0 Å². The van der Waals surface area contributed by atoms with E-state index in [1.165, 1.54) is 0 Å².